The highest BCUT2D eigenvalue weighted by atomic mass is 19.1. The van der Waals surface area contributed by atoms with Crippen molar-refractivity contribution in [3.63, 3.8) is 0 Å². The van der Waals surface area contributed by atoms with Gasteiger partial charge < -0.3 is 19.1 Å². The van der Waals surface area contributed by atoms with Crippen LogP contribution in [0.25, 0.3) is 10.9 Å². The van der Waals surface area contributed by atoms with Gasteiger partial charge in [-0.3, -0.25) is 14.2 Å². The highest BCUT2D eigenvalue weighted by Gasteiger charge is 2.26. The molecule has 0 fully saturated rings. The zero-order chi connectivity index (χ0) is 31.7. The van der Waals surface area contributed by atoms with Gasteiger partial charge in [0.1, 0.15) is 36.6 Å². The average molecular weight is 607 g/mol. The van der Waals surface area contributed by atoms with Crippen LogP contribution in [0.3, 0.4) is 0 Å². The van der Waals surface area contributed by atoms with Crippen LogP contribution in [-0.2, 0) is 22.6 Å². The fourth-order valence-corrected chi connectivity index (χ4v) is 5.94. The number of aromatic nitrogens is 1. The molecule has 0 spiro atoms. The Morgan fingerprint density at radius 1 is 0.933 bits per heavy atom. The highest BCUT2D eigenvalue weighted by Crippen LogP contribution is 2.34. The molecule has 45 heavy (non-hydrogen) atoms. The third-order valence-corrected chi connectivity index (χ3v) is 8.50. The maximum Gasteiger partial charge on any atom is 0.310 e. The first-order valence-electron chi connectivity index (χ1n) is 14.9. The predicted molar refractivity (Wildman–Crippen MR) is 172 cm³/mol. The summed E-state index contributed by atoms with van der Waals surface area (Å²) in [6.07, 6.45) is -0.245. The molecule has 0 radical (unpaired) electrons. The lowest BCUT2D eigenvalue weighted by molar-refractivity contribution is -0.144. The number of carbonyl (C=O) groups is 2. The molecule has 0 saturated carbocycles. The van der Waals surface area contributed by atoms with E-state index in [-0.39, 0.29) is 25.0 Å². The Hall–Kier alpha value is -5.11. The van der Waals surface area contributed by atoms with Gasteiger partial charge in [-0.15, -0.1) is 0 Å². The van der Waals surface area contributed by atoms with Crippen LogP contribution in [0.4, 0.5) is 10.1 Å². The molecule has 4 aromatic carbocycles. The SMILES string of the molecule is Cc1c(OC[C@@H]2CN(C)c3ccccc3O2)ccc(C(=O)n2c(C)c(CC(=O)OCc3ccccc3)c3cc(F)ccc32)c1C. The molecule has 0 unspecified atom stereocenters. The van der Waals surface area contributed by atoms with Crippen molar-refractivity contribution in [1.82, 2.24) is 4.57 Å². The number of fused-ring (bicyclic) bond motifs is 2. The second kappa shape index (κ2) is 12.5. The molecule has 6 rings (SSSR count). The molecule has 2 heterocycles. The van der Waals surface area contributed by atoms with E-state index in [1.54, 1.807) is 29.7 Å². The van der Waals surface area contributed by atoms with Crippen LogP contribution in [-0.4, -0.2) is 42.7 Å². The van der Waals surface area contributed by atoms with Crippen LogP contribution in [0.1, 0.15) is 38.3 Å². The Kier molecular flexibility index (Phi) is 8.30. The quantitative estimate of drug-likeness (QED) is 0.178. The fourth-order valence-electron chi connectivity index (χ4n) is 5.94. The number of hydrogen-bond donors (Lipinski definition) is 0. The summed E-state index contributed by atoms with van der Waals surface area (Å²) >= 11 is 0. The Bertz CT molecular complexity index is 1900. The summed E-state index contributed by atoms with van der Waals surface area (Å²) in [4.78, 5) is 29.1. The number of benzene rings is 4. The number of carbonyl (C=O) groups excluding carboxylic acids is 2. The van der Waals surface area contributed by atoms with E-state index in [4.69, 9.17) is 14.2 Å². The minimum absolute atomic E-state index is 0.0907. The van der Waals surface area contributed by atoms with E-state index >= 15 is 0 Å². The van der Waals surface area contributed by atoms with Crippen LogP contribution in [0.2, 0.25) is 0 Å². The minimum Gasteiger partial charge on any atom is -0.489 e. The van der Waals surface area contributed by atoms with Gasteiger partial charge in [-0.2, -0.15) is 0 Å². The largest absolute Gasteiger partial charge is 0.489 e. The van der Waals surface area contributed by atoms with E-state index in [2.05, 4.69) is 4.90 Å². The molecule has 1 aliphatic heterocycles. The van der Waals surface area contributed by atoms with Crippen molar-refractivity contribution < 1.29 is 28.2 Å². The van der Waals surface area contributed by atoms with Crippen molar-refractivity contribution in [2.45, 2.75) is 39.9 Å². The molecule has 0 bridgehead atoms. The number of nitrogens with zero attached hydrogens (tertiary/aromatic N) is 2. The monoisotopic (exact) mass is 606 g/mol. The van der Waals surface area contributed by atoms with Gasteiger partial charge in [0, 0.05) is 23.7 Å². The van der Waals surface area contributed by atoms with Crippen LogP contribution in [0, 0.1) is 26.6 Å². The Morgan fingerprint density at radius 3 is 2.49 bits per heavy atom. The zero-order valence-electron chi connectivity index (χ0n) is 25.8. The smallest absolute Gasteiger partial charge is 0.310 e. The number of esters is 1. The molecular weight excluding hydrogens is 571 g/mol. The van der Waals surface area contributed by atoms with E-state index in [1.165, 1.54) is 12.1 Å². The van der Waals surface area contributed by atoms with E-state index < -0.39 is 11.8 Å². The first-order chi connectivity index (χ1) is 21.7. The predicted octanol–water partition coefficient (Wildman–Crippen LogP) is 6.96. The summed E-state index contributed by atoms with van der Waals surface area (Å²) in [6, 6.07) is 25.1. The highest BCUT2D eigenvalue weighted by molar-refractivity contribution is 6.05. The molecule has 5 aromatic rings. The fraction of sp³-hybridized carbons (Fsp3) is 0.243. The van der Waals surface area contributed by atoms with Gasteiger partial charge in [0.2, 0.25) is 0 Å². The number of para-hydroxylation sites is 2. The van der Waals surface area contributed by atoms with Gasteiger partial charge in [-0.05, 0) is 85.5 Å². The maximum atomic E-state index is 14.4. The van der Waals surface area contributed by atoms with Crippen LogP contribution in [0.15, 0.2) is 84.9 Å². The normalized spacial score (nSPS) is 14.2. The molecule has 1 atom stereocenters. The van der Waals surface area contributed by atoms with E-state index in [9.17, 15) is 14.0 Å². The summed E-state index contributed by atoms with van der Waals surface area (Å²) in [6.45, 7) is 6.76. The van der Waals surface area contributed by atoms with Crippen molar-refractivity contribution in [3.05, 3.63) is 124 Å². The molecule has 0 aliphatic carbocycles. The average Bonchev–Trinajstić information content (AvgIpc) is 3.30. The number of likely N-dealkylation sites (N-methyl/N-ethyl adjacent to an activating group) is 1. The van der Waals surface area contributed by atoms with E-state index in [1.807, 2.05) is 75.5 Å². The molecule has 0 amide bonds. The molecule has 8 heteroatoms. The lowest BCUT2D eigenvalue weighted by Gasteiger charge is -2.33. The van der Waals surface area contributed by atoms with Crippen LogP contribution >= 0.6 is 0 Å². The van der Waals surface area contributed by atoms with Gasteiger partial charge in [0.05, 0.1) is 24.2 Å². The number of ether oxygens (including phenoxy) is 3. The van der Waals surface area contributed by atoms with Crippen LogP contribution in [0.5, 0.6) is 11.5 Å². The Morgan fingerprint density at radius 2 is 1.69 bits per heavy atom. The summed E-state index contributed by atoms with van der Waals surface area (Å²) < 4.78 is 33.8. The topological polar surface area (TPSA) is 70.0 Å². The molecule has 1 aliphatic rings. The van der Waals surface area contributed by atoms with Crippen molar-refractivity contribution in [2.24, 2.45) is 0 Å². The molecular formula is C37H35FN2O5. The molecule has 7 nitrogen and oxygen atoms in total. The second-order valence-electron chi connectivity index (χ2n) is 11.4. The van der Waals surface area contributed by atoms with Crippen molar-refractivity contribution in [1.29, 1.82) is 0 Å². The molecule has 230 valence electrons. The lowest BCUT2D eigenvalue weighted by atomic mass is 10.0. The zero-order valence-corrected chi connectivity index (χ0v) is 25.8. The Labute approximate surface area is 261 Å². The second-order valence-corrected chi connectivity index (χ2v) is 11.4. The standard InChI is InChI=1S/C37H35FN2O5/c1-23-24(2)34(43-22-28-20-39(4)33-12-8-9-13-35(33)45-28)17-15-29(23)37(42)40-25(3)30(31-18-27(38)14-16-32(31)40)19-36(41)44-21-26-10-6-5-7-11-26/h5-18,28H,19-22H2,1-4H3/t28-/m0/s1. The molecule has 1 aromatic heterocycles. The molecule has 0 N–H and O–H groups in total. The number of halogens is 1. The van der Waals surface area contributed by atoms with Crippen LogP contribution < -0.4 is 14.4 Å². The van der Waals surface area contributed by atoms with Gasteiger partial charge in [0.25, 0.3) is 5.91 Å². The lowest BCUT2D eigenvalue weighted by Crippen LogP contribution is -2.41. The van der Waals surface area contributed by atoms with E-state index in [0.29, 0.717) is 46.6 Å². The maximum absolute atomic E-state index is 14.4. The van der Waals surface area contributed by atoms with E-state index in [0.717, 1.165) is 28.1 Å². The number of rotatable bonds is 8. The third-order valence-electron chi connectivity index (χ3n) is 8.50. The van der Waals surface area contributed by atoms with Crippen molar-refractivity contribution in [3.8, 4) is 11.5 Å². The Balaban J connectivity index is 1.23. The van der Waals surface area contributed by atoms with Gasteiger partial charge in [0.15, 0.2) is 0 Å². The summed E-state index contributed by atoms with van der Waals surface area (Å²) in [5.41, 5.74) is 5.68. The summed E-state index contributed by atoms with van der Waals surface area (Å²) in [7, 11) is 2.03. The number of anilines is 1. The summed E-state index contributed by atoms with van der Waals surface area (Å²) in [5.74, 6) is 0.326. The van der Waals surface area contributed by atoms with Crippen molar-refractivity contribution in [2.75, 3.05) is 25.1 Å². The third kappa shape index (κ3) is 6.00. The minimum atomic E-state index is -0.456. The summed E-state index contributed by atoms with van der Waals surface area (Å²) in [5, 5.41) is 0.505. The van der Waals surface area contributed by atoms with Gasteiger partial charge >= 0.3 is 5.97 Å². The van der Waals surface area contributed by atoms with Gasteiger partial charge in [-0.1, -0.05) is 42.5 Å². The first-order valence-corrected chi connectivity index (χ1v) is 14.9. The molecule has 0 saturated heterocycles. The first kappa shape index (κ1) is 29.9. The van der Waals surface area contributed by atoms with Crippen molar-refractivity contribution >= 4 is 28.5 Å². The number of hydrogen-bond acceptors (Lipinski definition) is 6. The van der Waals surface area contributed by atoms with Gasteiger partial charge in [-0.25, -0.2) is 4.39 Å².